The van der Waals surface area contributed by atoms with E-state index in [0.717, 1.165) is 14.7 Å². The zero-order valence-corrected chi connectivity index (χ0v) is 14.6. The van der Waals surface area contributed by atoms with Gasteiger partial charge >= 0.3 is 0 Å². The first kappa shape index (κ1) is 15.8. The Morgan fingerprint density at radius 2 is 1.70 bits per heavy atom. The number of hydrogen-bond donors (Lipinski definition) is 1. The third-order valence-electron chi connectivity index (χ3n) is 3.50. The molecule has 0 saturated heterocycles. The quantitative estimate of drug-likeness (QED) is 0.498. The number of hydrogen-bond acceptors (Lipinski definition) is 2. The van der Waals surface area contributed by atoms with Gasteiger partial charge in [-0.1, -0.05) is 42.5 Å². The average Bonchev–Trinajstić information content (AvgIpc) is 2.59. The molecule has 0 heterocycles. The van der Waals surface area contributed by atoms with E-state index in [1.54, 1.807) is 0 Å². The highest BCUT2D eigenvalue weighted by atomic mass is 127. The molecule has 1 amide bonds. The third-order valence-corrected chi connectivity index (χ3v) is 4.44. The maximum absolute atomic E-state index is 12.1. The van der Waals surface area contributed by atoms with Crippen LogP contribution in [0.25, 0.3) is 10.8 Å². The molecule has 0 atom stereocenters. The number of halogens is 1. The van der Waals surface area contributed by atoms with Crippen molar-refractivity contribution in [1.82, 2.24) is 5.32 Å². The van der Waals surface area contributed by atoms with E-state index in [1.807, 2.05) is 54.6 Å². The Morgan fingerprint density at radius 3 is 2.52 bits per heavy atom. The molecule has 1 N–H and O–H groups in total. The fourth-order valence-corrected chi connectivity index (χ4v) is 2.96. The Balaban J connectivity index is 1.53. The first-order valence-electron chi connectivity index (χ1n) is 7.38. The van der Waals surface area contributed by atoms with E-state index in [-0.39, 0.29) is 5.91 Å². The average molecular weight is 417 g/mol. The molecular formula is C19H16INO2. The third kappa shape index (κ3) is 4.01. The van der Waals surface area contributed by atoms with Gasteiger partial charge < -0.3 is 10.1 Å². The summed E-state index contributed by atoms with van der Waals surface area (Å²) in [5.74, 6) is 0.740. The van der Waals surface area contributed by atoms with Crippen LogP contribution in [-0.2, 0) is 0 Å². The molecule has 0 aliphatic rings. The normalized spacial score (nSPS) is 10.5. The summed E-state index contributed by atoms with van der Waals surface area (Å²) in [6.45, 7) is 0.907. The number of carbonyl (C=O) groups is 1. The van der Waals surface area contributed by atoms with Crippen LogP contribution in [0.3, 0.4) is 0 Å². The zero-order valence-electron chi connectivity index (χ0n) is 12.5. The molecule has 0 saturated carbocycles. The molecule has 0 aliphatic carbocycles. The number of rotatable bonds is 5. The highest BCUT2D eigenvalue weighted by Crippen LogP contribution is 2.20. The van der Waals surface area contributed by atoms with Gasteiger partial charge in [0.1, 0.15) is 12.4 Å². The van der Waals surface area contributed by atoms with Crippen LogP contribution in [0.5, 0.6) is 5.75 Å². The van der Waals surface area contributed by atoms with Crippen molar-refractivity contribution in [3.63, 3.8) is 0 Å². The van der Waals surface area contributed by atoms with E-state index < -0.39 is 0 Å². The molecule has 23 heavy (non-hydrogen) atoms. The van der Waals surface area contributed by atoms with E-state index in [4.69, 9.17) is 4.74 Å². The van der Waals surface area contributed by atoms with Gasteiger partial charge in [0, 0.05) is 3.57 Å². The van der Waals surface area contributed by atoms with Crippen molar-refractivity contribution in [3.05, 3.63) is 75.9 Å². The lowest BCUT2D eigenvalue weighted by atomic mass is 10.1. The van der Waals surface area contributed by atoms with Crippen molar-refractivity contribution in [2.24, 2.45) is 0 Å². The lowest BCUT2D eigenvalue weighted by Gasteiger charge is -2.09. The second-order valence-corrected chi connectivity index (χ2v) is 6.26. The predicted octanol–water partition coefficient (Wildman–Crippen LogP) is 4.25. The fraction of sp³-hybridized carbons (Fsp3) is 0.105. The van der Waals surface area contributed by atoms with Crippen LogP contribution < -0.4 is 10.1 Å². The van der Waals surface area contributed by atoms with E-state index in [2.05, 4.69) is 40.0 Å². The molecule has 4 heteroatoms. The molecule has 0 spiro atoms. The molecule has 0 radical (unpaired) electrons. The lowest BCUT2D eigenvalue weighted by Crippen LogP contribution is -2.28. The zero-order chi connectivity index (χ0) is 16.1. The Hall–Kier alpha value is -2.08. The largest absolute Gasteiger partial charge is 0.492 e. The molecule has 3 rings (SSSR count). The molecule has 3 aromatic carbocycles. The summed E-state index contributed by atoms with van der Waals surface area (Å²) in [5.41, 5.74) is 0.693. The summed E-state index contributed by atoms with van der Waals surface area (Å²) >= 11 is 2.16. The van der Waals surface area contributed by atoms with Crippen molar-refractivity contribution in [1.29, 1.82) is 0 Å². The van der Waals surface area contributed by atoms with Gasteiger partial charge in [0.2, 0.25) is 0 Å². The maximum atomic E-state index is 12.1. The second-order valence-electron chi connectivity index (χ2n) is 5.09. The monoisotopic (exact) mass is 417 g/mol. The van der Waals surface area contributed by atoms with Crippen LogP contribution in [0, 0.1) is 3.57 Å². The number of nitrogens with one attached hydrogen (secondary N) is 1. The number of fused-ring (bicyclic) bond motifs is 1. The minimum absolute atomic E-state index is 0.0721. The molecule has 0 fully saturated rings. The minimum Gasteiger partial charge on any atom is -0.492 e. The highest BCUT2D eigenvalue weighted by molar-refractivity contribution is 14.1. The number of carbonyl (C=O) groups excluding carboxylic acids is 1. The fourth-order valence-electron chi connectivity index (χ4n) is 2.33. The summed E-state index contributed by atoms with van der Waals surface area (Å²) in [6, 6.07) is 21.7. The van der Waals surface area contributed by atoms with Crippen molar-refractivity contribution in [2.75, 3.05) is 13.2 Å². The lowest BCUT2D eigenvalue weighted by molar-refractivity contribution is 0.0946. The van der Waals surface area contributed by atoms with E-state index in [9.17, 15) is 4.79 Å². The molecule has 116 valence electrons. The van der Waals surface area contributed by atoms with Crippen molar-refractivity contribution >= 4 is 39.3 Å². The molecule has 0 bridgehead atoms. The minimum atomic E-state index is -0.0721. The standard InChI is InChI=1S/C19H16INO2/c20-18-8-4-3-7-17(18)19(22)21-11-12-23-16-10-9-14-5-1-2-6-15(14)13-16/h1-10,13H,11-12H2,(H,21,22). The van der Waals surface area contributed by atoms with Crippen LogP contribution in [0.1, 0.15) is 10.4 Å². The van der Waals surface area contributed by atoms with Gasteiger partial charge in [0.15, 0.2) is 0 Å². The molecule has 0 aliphatic heterocycles. The van der Waals surface area contributed by atoms with E-state index in [1.165, 1.54) is 5.39 Å². The van der Waals surface area contributed by atoms with Crippen LogP contribution in [0.4, 0.5) is 0 Å². The van der Waals surface area contributed by atoms with E-state index >= 15 is 0 Å². The first-order valence-corrected chi connectivity index (χ1v) is 8.46. The Kier molecular flexibility index (Phi) is 5.12. The van der Waals surface area contributed by atoms with Gasteiger partial charge in [-0.15, -0.1) is 0 Å². The van der Waals surface area contributed by atoms with Crippen molar-refractivity contribution < 1.29 is 9.53 Å². The van der Waals surface area contributed by atoms with Crippen LogP contribution in [0.2, 0.25) is 0 Å². The predicted molar refractivity (Wildman–Crippen MR) is 101 cm³/mol. The van der Waals surface area contributed by atoms with Crippen LogP contribution in [-0.4, -0.2) is 19.1 Å². The van der Waals surface area contributed by atoms with Gasteiger partial charge in [-0.05, 0) is 57.6 Å². The van der Waals surface area contributed by atoms with Gasteiger partial charge in [-0.3, -0.25) is 4.79 Å². The summed E-state index contributed by atoms with van der Waals surface area (Å²) < 4.78 is 6.66. The molecule has 0 unspecified atom stereocenters. The summed E-state index contributed by atoms with van der Waals surface area (Å²) in [7, 11) is 0. The first-order chi connectivity index (χ1) is 11.2. The Labute approximate surface area is 148 Å². The smallest absolute Gasteiger partial charge is 0.252 e. The molecule has 3 aromatic rings. The molecular weight excluding hydrogens is 401 g/mol. The number of benzene rings is 3. The Morgan fingerprint density at radius 1 is 0.957 bits per heavy atom. The number of amides is 1. The highest BCUT2D eigenvalue weighted by Gasteiger charge is 2.08. The molecule has 0 aromatic heterocycles. The summed E-state index contributed by atoms with van der Waals surface area (Å²) in [4.78, 5) is 12.1. The molecule has 3 nitrogen and oxygen atoms in total. The van der Waals surface area contributed by atoms with Gasteiger partial charge in [-0.2, -0.15) is 0 Å². The number of ether oxygens (including phenoxy) is 1. The maximum Gasteiger partial charge on any atom is 0.252 e. The van der Waals surface area contributed by atoms with E-state index in [0.29, 0.717) is 18.7 Å². The second kappa shape index (κ2) is 7.46. The van der Waals surface area contributed by atoms with Gasteiger partial charge in [0.25, 0.3) is 5.91 Å². The van der Waals surface area contributed by atoms with Crippen LogP contribution >= 0.6 is 22.6 Å². The van der Waals surface area contributed by atoms with Crippen molar-refractivity contribution in [2.45, 2.75) is 0 Å². The SMILES string of the molecule is O=C(NCCOc1ccc2ccccc2c1)c1ccccc1I. The summed E-state index contributed by atoms with van der Waals surface area (Å²) in [6.07, 6.45) is 0. The van der Waals surface area contributed by atoms with Crippen molar-refractivity contribution in [3.8, 4) is 5.75 Å². The summed E-state index contributed by atoms with van der Waals surface area (Å²) in [5, 5.41) is 5.21. The topological polar surface area (TPSA) is 38.3 Å². The Bertz CT molecular complexity index is 832. The van der Waals surface area contributed by atoms with Gasteiger partial charge in [-0.25, -0.2) is 0 Å². The van der Waals surface area contributed by atoms with Crippen LogP contribution in [0.15, 0.2) is 66.7 Å². The van der Waals surface area contributed by atoms with Gasteiger partial charge in [0.05, 0.1) is 12.1 Å².